The molecule has 1 fully saturated rings. The Morgan fingerprint density at radius 2 is 1.77 bits per heavy atom. The highest BCUT2D eigenvalue weighted by molar-refractivity contribution is 8.15. The van der Waals surface area contributed by atoms with Crippen LogP contribution in [0.1, 0.15) is 37.3 Å². The Morgan fingerprint density at radius 3 is 2.60 bits per heavy atom. The van der Waals surface area contributed by atoms with E-state index in [0.717, 1.165) is 35.8 Å². The van der Waals surface area contributed by atoms with E-state index in [0.29, 0.717) is 11.7 Å². The van der Waals surface area contributed by atoms with Gasteiger partial charge < -0.3 is 0 Å². The van der Waals surface area contributed by atoms with Crippen LogP contribution in [0.2, 0.25) is 0 Å². The van der Waals surface area contributed by atoms with Crippen LogP contribution in [0.15, 0.2) is 83.0 Å². The van der Waals surface area contributed by atoms with Crippen LogP contribution in [-0.4, -0.2) is 27.4 Å². The minimum Gasteiger partial charge on any atom is -0.284 e. The monoisotopic (exact) mass is 415 g/mol. The second-order valence-corrected chi connectivity index (χ2v) is 8.52. The first-order chi connectivity index (χ1) is 14.8. The molecule has 0 saturated carbocycles. The summed E-state index contributed by atoms with van der Waals surface area (Å²) in [4.78, 5) is 14.8. The lowest BCUT2D eigenvalue weighted by atomic mass is 10.1. The number of nitrogens with zero attached hydrogens (tertiary/aromatic N) is 3. The Bertz CT molecular complexity index is 1070. The molecule has 1 saturated heterocycles. The van der Waals surface area contributed by atoms with E-state index in [1.165, 1.54) is 17.1 Å². The van der Waals surface area contributed by atoms with Crippen molar-refractivity contribution in [3.05, 3.63) is 83.9 Å². The zero-order valence-corrected chi connectivity index (χ0v) is 17.9. The fourth-order valence-corrected chi connectivity index (χ4v) is 4.72. The number of hydrogen-bond donors (Lipinski definition) is 0. The van der Waals surface area contributed by atoms with Gasteiger partial charge in [-0.3, -0.25) is 9.69 Å². The molecule has 0 radical (unpaired) electrons. The van der Waals surface area contributed by atoms with E-state index in [9.17, 15) is 4.79 Å². The molecular formula is C25H25N3OS. The summed E-state index contributed by atoms with van der Waals surface area (Å²) in [5.74, 6) is 0.136. The van der Waals surface area contributed by atoms with E-state index in [1.54, 1.807) is 11.1 Å². The van der Waals surface area contributed by atoms with Crippen molar-refractivity contribution < 1.29 is 4.79 Å². The molecule has 1 aliphatic heterocycles. The molecule has 1 amide bonds. The largest absolute Gasteiger partial charge is 0.284 e. The Hall–Kier alpha value is -2.92. The summed E-state index contributed by atoms with van der Waals surface area (Å²) < 4.78 is 0. The third-order valence-corrected chi connectivity index (χ3v) is 6.42. The van der Waals surface area contributed by atoms with Crippen LogP contribution in [0.5, 0.6) is 0 Å². The first-order valence-electron chi connectivity index (χ1n) is 10.4. The summed E-state index contributed by atoms with van der Waals surface area (Å²) in [7, 11) is 0. The maximum Gasteiger partial charge on any atom is 0.242 e. The molecule has 3 aromatic carbocycles. The van der Waals surface area contributed by atoms with Crippen molar-refractivity contribution in [2.24, 2.45) is 10.2 Å². The number of fused-ring (bicyclic) bond motifs is 1. The molecule has 1 aliphatic rings. The van der Waals surface area contributed by atoms with E-state index in [4.69, 9.17) is 0 Å². The van der Waals surface area contributed by atoms with Crippen molar-refractivity contribution in [3.8, 4) is 0 Å². The molecule has 30 heavy (non-hydrogen) atoms. The summed E-state index contributed by atoms with van der Waals surface area (Å²) >= 11 is 1.54. The van der Waals surface area contributed by atoms with Crippen molar-refractivity contribution in [2.75, 3.05) is 0 Å². The molecule has 1 atom stereocenters. The van der Waals surface area contributed by atoms with Crippen molar-refractivity contribution in [1.29, 1.82) is 0 Å². The molecule has 1 heterocycles. The molecule has 3 aromatic rings. The molecule has 0 N–H and O–H groups in total. The number of rotatable bonds is 7. The van der Waals surface area contributed by atoms with Gasteiger partial charge in [-0.1, -0.05) is 104 Å². The lowest BCUT2D eigenvalue weighted by molar-refractivity contribution is -0.126. The van der Waals surface area contributed by atoms with Gasteiger partial charge in [-0.25, -0.2) is 0 Å². The third-order valence-electron chi connectivity index (χ3n) is 5.19. The topological polar surface area (TPSA) is 45.0 Å². The second-order valence-electron chi connectivity index (χ2n) is 7.35. The smallest absolute Gasteiger partial charge is 0.242 e. The first kappa shape index (κ1) is 20.4. The number of unbranched alkanes of at least 4 members (excludes halogenated alkanes) is 1. The van der Waals surface area contributed by atoms with Crippen LogP contribution >= 0.6 is 11.8 Å². The van der Waals surface area contributed by atoms with Gasteiger partial charge in [0.15, 0.2) is 5.17 Å². The molecule has 0 aliphatic carbocycles. The van der Waals surface area contributed by atoms with Crippen LogP contribution in [-0.2, 0) is 11.3 Å². The fourth-order valence-electron chi connectivity index (χ4n) is 3.57. The lowest BCUT2D eigenvalue weighted by Crippen LogP contribution is -2.31. The fraction of sp³-hybridized carbons (Fsp3) is 0.240. The summed E-state index contributed by atoms with van der Waals surface area (Å²) in [6, 6.07) is 24.4. The predicted octanol–water partition coefficient (Wildman–Crippen LogP) is 5.86. The van der Waals surface area contributed by atoms with E-state index in [2.05, 4.69) is 35.3 Å². The zero-order chi connectivity index (χ0) is 20.8. The second kappa shape index (κ2) is 9.72. The van der Waals surface area contributed by atoms with E-state index >= 15 is 0 Å². The zero-order valence-electron chi connectivity index (χ0n) is 17.1. The van der Waals surface area contributed by atoms with Crippen molar-refractivity contribution in [3.63, 3.8) is 0 Å². The Labute approximate surface area is 181 Å². The minimum absolute atomic E-state index is 0.0693. The van der Waals surface area contributed by atoms with Gasteiger partial charge >= 0.3 is 0 Å². The van der Waals surface area contributed by atoms with Gasteiger partial charge in [-0.15, -0.1) is 5.10 Å². The van der Waals surface area contributed by atoms with Crippen LogP contribution in [0.4, 0.5) is 0 Å². The van der Waals surface area contributed by atoms with Gasteiger partial charge in [-0.2, -0.15) is 5.10 Å². The van der Waals surface area contributed by atoms with E-state index in [-0.39, 0.29) is 11.2 Å². The average Bonchev–Trinajstić information content (AvgIpc) is 3.08. The van der Waals surface area contributed by atoms with Gasteiger partial charge in [-0.05, 0) is 22.8 Å². The molecule has 4 nitrogen and oxygen atoms in total. The van der Waals surface area contributed by atoms with Gasteiger partial charge in [0.1, 0.15) is 0 Å². The third kappa shape index (κ3) is 4.62. The predicted molar refractivity (Wildman–Crippen MR) is 127 cm³/mol. The van der Waals surface area contributed by atoms with Crippen LogP contribution in [0.3, 0.4) is 0 Å². The van der Waals surface area contributed by atoms with Crippen molar-refractivity contribution in [2.45, 2.75) is 38.0 Å². The number of hydrogen-bond acceptors (Lipinski definition) is 4. The van der Waals surface area contributed by atoms with E-state index < -0.39 is 0 Å². The van der Waals surface area contributed by atoms with Gasteiger partial charge in [0.05, 0.1) is 18.0 Å². The number of amidine groups is 1. The molecule has 152 valence electrons. The first-order valence-corrected chi connectivity index (χ1v) is 11.2. The highest BCUT2D eigenvalue weighted by atomic mass is 32.2. The molecule has 4 rings (SSSR count). The molecule has 0 aromatic heterocycles. The SMILES string of the molecule is CCCCC1SC(=NN=Cc2cccc3ccccc23)N(Cc2ccccc2)C1=O. The van der Waals surface area contributed by atoms with Crippen molar-refractivity contribution in [1.82, 2.24) is 4.90 Å². The van der Waals surface area contributed by atoms with Crippen LogP contribution in [0, 0.1) is 0 Å². The van der Waals surface area contributed by atoms with Gasteiger partial charge in [0, 0.05) is 5.56 Å². The highest BCUT2D eigenvalue weighted by Gasteiger charge is 2.37. The lowest BCUT2D eigenvalue weighted by Gasteiger charge is -2.15. The molecular weight excluding hydrogens is 390 g/mol. The number of thioether (sulfide) groups is 1. The molecule has 5 heteroatoms. The summed E-state index contributed by atoms with van der Waals surface area (Å²) in [6.07, 6.45) is 4.77. The standard InChI is InChI=1S/C25H25N3OS/c1-2-3-16-23-24(29)28(18-19-10-5-4-6-11-19)25(30-23)27-26-17-21-14-9-13-20-12-7-8-15-22(20)21/h4-15,17,23H,2-3,16,18H2,1H3. The highest BCUT2D eigenvalue weighted by Crippen LogP contribution is 2.32. The quantitative estimate of drug-likeness (QED) is 0.358. The van der Waals surface area contributed by atoms with E-state index in [1.807, 2.05) is 54.6 Å². The summed E-state index contributed by atoms with van der Waals surface area (Å²) in [5, 5.41) is 11.8. The normalized spacial score (nSPS) is 18.2. The van der Waals surface area contributed by atoms with Crippen LogP contribution < -0.4 is 0 Å². The Kier molecular flexibility index (Phi) is 6.60. The maximum atomic E-state index is 13.0. The molecule has 0 spiro atoms. The molecule has 0 bridgehead atoms. The van der Waals surface area contributed by atoms with Crippen molar-refractivity contribution >= 4 is 39.8 Å². The number of carbonyl (C=O) groups excluding carboxylic acids is 1. The average molecular weight is 416 g/mol. The summed E-state index contributed by atoms with van der Waals surface area (Å²) in [6.45, 7) is 2.67. The summed E-state index contributed by atoms with van der Waals surface area (Å²) in [5.41, 5.74) is 2.11. The number of carbonyl (C=O) groups is 1. The Balaban J connectivity index is 1.59. The van der Waals surface area contributed by atoms with Gasteiger partial charge in [0.2, 0.25) is 5.91 Å². The minimum atomic E-state index is -0.0693. The van der Waals surface area contributed by atoms with Crippen LogP contribution in [0.25, 0.3) is 10.8 Å². The Morgan fingerprint density at radius 1 is 1.00 bits per heavy atom. The number of amides is 1. The van der Waals surface area contributed by atoms with Gasteiger partial charge in [0.25, 0.3) is 0 Å². The number of benzene rings is 3. The maximum absolute atomic E-state index is 13.0. The molecule has 1 unspecified atom stereocenters.